The lowest BCUT2D eigenvalue weighted by atomic mass is 9.94. The molecule has 1 heterocycles. The number of esters is 1. The van der Waals surface area contributed by atoms with Gasteiger partial charge in [-0.2, -0.15) is 0 Å². The molecule has 0 aliphatic carbocycles. The maximum absolute atomic E-state index is 14.5. The molecule has 3 rings (SSSR count). The van der Waals surface area contributed by atoms with E-state index in [0.717, 1.165) is 0 Å². The maximum Gasteiger partial charge on any atom is 0.338 e. The van der Waals surface area contributed by atoms with Crippen molar-refractivity contribution in [2.75, 3.05) is 27.4 Å². The maximum atomic E-state index is 14.5. The van der Waals surface area contributed by atoms with Gasteiger partial charge in [0.1, 0.15) is 23.9 Å². The first-order chi connectivity index (χ1) is 14.5. The van der Waals surface area contributed by atoms with Gasteiger partial charge in [-0.05, 0) is 25.1 Å². The van der Waals surface area contributed by atoms with E-state index in [4.69, 9.17) is 14.2 Å². The van der Waals surface area contributed by atoms with Crippen LogP contribution >= 0.6 is 0 Å². The molecule has 1 atom stereocenters. The molecule has 0 radical (unpaired) electrons. The molecule has 2 amide bonds. The zero-order valence-corrected chi connectivity index (χ0v) is 17.0. The molecule has 0 fully saturated rings. The van der Waals surface area contributed by atoms with Crippen LogP contribution in [-0.2, 0) is 9.53 Å². The van der Waals surface area contributed by atoms with E-state index in [0.29, 0.717) is 11.5 Å². The van der Waals surface area contributed by atoms with Crippen LogP contribution in [-0.4, -0.2) is 44.3 Å². The fraction of sp³-hybridized carbons (Fsp3) is 0.273. The Labute approximate surface area is 174 Å². The summed E-state index contributed by atoms with van der Waals surface area (Å²) < 4.78 is 30.7. The lowest BCUT2D eigenvalue weighted by Gasteiger charge is -2.34. The number of ether oxygens (including phenoxy) is 3. The van der Waals surface area contributed by atoms with E-state index in [1.165, 1.54) is 30.1 Å². The number of hydrogen-bond donors (Lipinski definition) is 1. The highest BCUT2D eigenvalue weighted by Crippen LogP contribution is 2.32. The smallest absolute Gasteiger partial charge is 0.338 e. The van der Waals surface area contributed by atoms with Gasteiger partial charge in [-0.3, -0.25) is 4.90 Å². The van der Waals surface area contributed by atoms with Crippen molar-refractivity contribution < 1.29 is 28.2 Å². The van der Waals surface area contributed by atoms with Crippen LogP contribution in [0, 0.1) is 5.82 Å². The molecule has 30 heavy (non-hydrogen) atoms. The molecule has 0 saturated heterocycles. The number of nitrogens with zero attached hydrogens (tertiary/aromatic N) is 1. The number of carbonyl (C=O) groups is 2. The van der Waals surface area contributed by atoms with Gasteiger partial charge in [0, 0.05) is 18.7 Å². The molecular weight excluding hydrogens is 391 g/mol. The molecule has 0 spiro atoms. The zero-order valence-electron chi connectivity index (χ0n) is 17.0. The molecule has 8 heteroatoms. The van der Waals surface area contributed by atoms with E-state index in [1.54, 1.807) is 44.4 Å². The molecule has 7 nitrogen and oxygen atoms in total. The van der Waals surface area contributed by atoms with Crippen molar-refractivity contribution in [2.24, 2.45) is 0 Å². The summed E-state index contributed by atoms with van der Waals surface area (Å²) in [5, 5.41) is 2.67. The number of benzene rings is 2. The number of nitrogens with one attached hydrogen (secondary N) is 1. The van der Waals surface area contributed by atoms with Crippen LogP contribution in [0.4, 0.5) is 9.18 Å². The molecule has 2 aromatic carbocycles. The quantitative estimate of drug-likeness (QED) is 0.703. The second-order valence-electron chi connectivity index (χ2n) is 6.51. The number of rotatable bonds is 7. The molecule has 0 aromatic heterocycles. The van der Waals surface area contributed by atoms with Crippen LogP contribution in [0.2, 0.25) is 0 Å². The van der Waals surface area contributed by atoms with Crippen molar-refractivity contribution in [1.82, 2.24) is 10.2 Å². The zero-order chi connectivity index (χ0) is 21.7. The number of amides is 2. The van der Waals surface area contributed by atoms with E-state index in [1.807, 2.05) is 0 Å². The van der Waals surface area contributed by atoms with Crippen molar-refractivity contribution in [3.05, 3.63) is 71.2 Å². The van der Waals surface area contributed by atoms with Crippen molar-refractivity contribution >= 4 is 12.0 Å². The largest absolute Gasteiger partial charge is 0.497 e. The summed E-state index contributed by atoms with van der Waals surface area (Å²) in [6.07, 6.45) is 0. The predicted molar refractivity (Wildman–Crippen MR) is 108 cm³/mol. The van der Waals surface area contributed by atoms with Crippen LogP contribution in [0.3, 0.4) is 0 Å². The highest BCUT2D eigenvalue weighted by Gasteiger charge is 2.38. The van der Waals surface area contributed by atoms with Crippen LogP contribution in [0.25, 0.3) is 0 Å². The Bertz CT molecular complexity index is 976. The summed E-state index contributed by atoms with van der Waals surface area (Å²) >= 11 is 0. The van der Waals surface area contributed by atoms with E-state index < -0.39 is 23.9 Å². The Morgan fingerprint density at radius 2 is 1.90 bits per heavy atom. The van der Waals surface area contributed by atoms with Crippen LogP contribution < -0.4 is 14.8 Å². The Kier molecular flexibility index (Phi) is 6.56. The Morgan fingerprint density at radius 1 is 1.17 bits per heavy atom. The first-order valence-electron chi connectivity index (χ1n) is 9.42. The summed E-state index contributed by atoms with van der Waals surface area (Å²) in [4.78, 5) is 26.6. The molecule has 1 aliphatic rings. The Morgan fingerprint density at radius 3 is 2.60 bits per heavy atom. The average molecular weight is 414 g/mol. The SMILES string of the molecule is CCOC(=O)C1=C(COc2cccc(OC)c2)N(C)C(=O)N[C@H]1c1ccccc1F. The normalized spacial score (nSPS) is 16.2. The highest BCUT2D eigenvalue weighted by atomic mass is 19.1. The van der Waals surface area contributed by atoms with E-state index in [9.17, 15) is 14.0 Å². The number of methoxy groups -OCH3 is 1. The van der Waals surface area contributed by atoms with Crippen molar-refractivity contribution in [2.45, 2.75) is 13.0 Å². The van der Waals surface area contributed by atoms with Gasteiger partial charge in [-0.25, -0.2) is 14.0 Å². The predicted octanol–water partition coefficient (Wildman–Crippen LogP) is 3.43. The van der Waals surface area contributed by atoms with Crippen LogP contribution in [0.15, 0.2) is 59.8 Å². The number of likely N-dealkylation sites (N-methyl/N-ethyl adjacent to an activating group) is 1. The summed E-state index contributed by atoms with van der Waals surface area (Å²) in [6.45, 7) is 1.71. The molecule has 1 aliphatic heterocycles. The van der Waals surface area contributed by atoms with E-state index in [2.05, 4.69) is 5.32 Å². The van der Waals surface area contributed by atoms with Crippen LogP contribution in [0.5, 0.6) is 11.5 Å². The standard InChI is InChI=1S/C22H23FN2O5/c1-4-29-21(26)19-18(13-30-15-9-7-8-14(12-15)28-3)25(2)22(27)24-20(19)16-10-5-6-11-17(16)23/h5-12,20H,4,13H2,1-3H3,(H,24,27)/t20-/m0/s1. The average Bonchev–Trinajstić information content (AvgIpc) is 2.75. The minimum atomic E-state index is -1.00. The number of urea groups is 1. The van der Waals surface area contributed by atoms with Gasteiger partial charge in [0.2, 0.25) is 0 Å². The second-order valence-corrected chi connectivity index (χ2v) is 6.51. The number of halogens is 1. The fourth-order valence-corrected chi connectivity index (χ4v) is 3.17. The topological polar surface area (TPSA) is 77.1 Å². The number of carbonyl (C=O) groups excluding carboxylic acids is 2. The molecule has 1 N–H and O–H groups in total. The molecule has 0 unspecified atom stereocenters. The second kappa shape index (κ2) is 9.30. The Balaban J connectivity index is 2.03. The van der Waals surface area contributed by atoms with Gasteiger partial charge in [0.15, 0.2) is 0 Å². The van der Waals surface area contributed by atoms with Crippen molar-refractivity contribution in [3.8, 4) is 11.5 Å². The van der Waals surface area contributed by atoms with Gasteiger partial charge in [0.05, 0.1) is 31.0 Å². The van der Waals surface area contributed by atoms with Gasteiger partial charge in [-0.1, -0.05) is 24.3 Å². The van der Waals surface area contributed by atoms with Gasteiger partial charge >= 0.3 is 12.0 Å². The molecule has 0 bridgehead atoms. The third-order valence-corrected chi connectivity index (χ3v) is 4.71. The van der Waals surface area contributed by atoms with Gasteiger partial charge < -0.3 is 19.5 Å². The molecule has 2 aromatic rings. The van der Waals surface area contributed by atoms with Gasteiger partial charge in [-0.15, -0.1) is 0 Å². The lowest BCUT2D eigenvalue weighted by Crippen LogP contribution is -2.48. The number of hydrogen-bond acceptors (Lipinski definition) is 5. The first-order valence-corrected chi connectivity index (χ1v) is 9.42. The summed E-state index contributed by atoms with van der Waals surface area (Å²) in [5.74, 6) is -0.0954. The van der Waals surface area contributed by atoms with Gasteiger partial charge in [0.25, 0.3) is 0 Å². The molecule has 0 saturated carbocycles. The van der Waals surface area contributed by atoms with Crippen molar-refractivity contribution in [1.29, 1.82) is 0 Å². The third kappa shape index (κ3) is 4.37. The van der Waals surface area contributed by atoms with Crippen LogP contribution in [0.1, 0.15) is 18.5 Å². The summed E-state index contributed by atoms with van der Waals surface area (Å²) in [5.41, 5.74) is 0.570. The minimum Gasteiger partial charge on any atom is -0.497 e. The lowest BCUT2D eigenvalue weighted by molar-refractivity contribution is -0.139. The van der Waals surface area contributed by atoms with E-state index >= 15 is 0 Å². The fourth-order valence-electron chi connectivity index (χ4n) is 3.17. The van der Waals surface area contributed by atoms with E-state index in [-0.39, 0.29) is 30.0 Å². The Hall–Kier alpha value is -3.55. The van der Waals surface area contributed by atoms with Crippen molar-refractivity contribution in [3.63, 3.8) is 0 Å². The molecular formula is C22H23FN2O5. The summed E-state index contributed by atoms with van der Waals surface area (Å²) in [6, 6.07) is 11.4. The molecule has 158 valence electrons. The monoisotopic (exact) mass is 414 g/mol. The highest BCUT2D eigenvalue weighted by molar-refractivity contribution is 5.95. The minimum absolute atomic E-state index is 0.101. The first kappa shape index (κ1) is 21.2. The summed E-state index contributed by atoms with van der Waals surface area (Å²) in [7, 11) is 3.05. The third-order valence-electron chi connectivity index (χ3n) is 4.71.